The molecule has 0 amide bonds. The van der Waals surface area contributed by atoms with E-state index in [0.717, 1.165) is 10.9 Å². The zero-order valence-corrected chi connectivity index (χ0v) is 9.48. The maximum Gasteiger partial charge on any atom is 0.308 e. The monoisotopic (exact) mass is 238 g/mol. The van der Waals surface area contributed by atoms with E-state index in [4.69, 9.17) is 16.7 Å². The van der Waals surface area contributed by atoms with E-state index < -0.39 is 11.9 Å². The highest BCUT2D eigenvalue weighted by Gasteiger charge is 2.15. The molecule has 0 fully saturated rings. The predicted octanol–water partition coefficient (Wildman–Crippen LogP) is 2.41. The zero-order valence-electron chi connectivity index (χ0n) is 8.72. The van der Waals surface area contributed by atoms with Gasteiger partial charge in [-0.05, 0) is 12.1 Å². The van der Waals surface area contributed by atoms with Gasteiger partial charge in [0, 0.05) is 5.39 Å². The van der Waals surface area contributed by atoms with Crippen LogP contribution >= 0.6 is 11.6 Å². The molecule has 0 aliphatic carbocycles. The standard InChI is InChI=1S/C11H11ClN2O2/c1-7(11(15)16)6-14-10(12)8-4-2-3-5-9(8)13-14/h2-5,7H,6H2,1H3,(H,15,16). The summed E-state index contributed by atoms with van der Waals surface area (Å²) in [7, 11) is 0. The topological polar surface area (TPSA) is 55.1 Å². The van der Waals surface area contributed by atoms with Gasteiger partial charge in [0.2, 0.25) is 0 Å². The largest absolute Gasteiger partial charge is 0.481 e. The van der Waals surface area contributed by atoms with E-state index in [2.05, 4.69) is 5.10 Å². The van der Waals surface area contributed by atoms with Crippen LogP contribution in [0.1, 0.15) is 6.92 Å². The van der Waals surface area contributed by atoms with Crippen molar-refractivity contribution in [3.8, 4) is 0 Å². The molecule has 0 aliphatic heterocycles. The lowest BCUT2D eigenvalue weighted by Gasteiger charge is -2.06. The number of aliphatic carboxylic acids is 1. The molecule has 16 heavy (non-hydrogen) atoms. The van der Waals surface area contributed by atoms with Gasteiger partial charge < -0.3 is 5.11 Å². The molecule has 0 saturated heterocycles. The van der Waals surface area contributed by atoms with E-state index in [-0.39, 0.29) is 6.54 Å². The number of hydrogen-bond donors (Lipinski definition) is 1. The van der Waals surface area contributed by atoms with Gasteiger partial charge in [-0.2, -0.15) is 5.10 Å². The molecule has 0 spiro atoms. The van der Waals surface area contributed by atoms with Crippen molar-refractivity contribution in [1.82, 2.24) is 9.78 Å². The summed E-state index contributed by atoms with van der Waals surface area (Å²) in [5.74, 6) is -1.36. The van der Waals surface area contributed by atoms with Gasteiger partial charge in [0.1, 0.15) is 5.15 Å². The molecule has 1 atom stereocenters. The Balaban J connectivity index is 2.38. The molecule has 0 radical (unpaired) electrons. The van der Waals surface area contributed by atoms with Gasteiger partial charge in [-0.3, -0.25) is 9.48 Å². The van der Waals surface area contributed by atoms with Crippen LogP contribution in [0.15, 0.2) is 24.3 Å². The molecule has 5 heteroatoms. The molecule has 1 aromatic carbocycles. The molecule has 0 saturated carbocycles. The number of carboxylic acids is 1. The first kappa shape index (κ1) is 11.0. The highest BCUT2D eigenvalue weighted by atomic mass is 35.5. The Labute approximate surface area is 97.4 Å². The van der Waals surface area contributed by atoms with E-state index in [9.17, 15) is 4.79 Å². The van der Waals surface area contributed by atoms with Crippen LogP contribution in [0.25, 0.3) is 10.9 Å². The SMILES string of the molecule is CC(Cn1nc2ccccc2c1Cl)C(=O)O. The lowest BCUT2D eigenvalue weighted by molar-refractivity contribution is -0.141. The highest BCUT2D eigenvalue weighted by molar-refractivity contribution is 6.34. The number of carbonyl (C=O) groups is 1. The summed E-state index contributed by atoms with van der Waals surface area (Å²) in [6, 6.07) is 7.47. The number of hydrogen-bond acceptors (Lipinski definition) is 2. The second-order valence-corrected chi connectivity index (χ2v) is 4.09. The van der Waals surface area contributed by atoms with Gasteiger partial charge in [-0.15, -0.1) is 0 Å². The zero-order chi connectivity index (χ0) is 11.7. The number of aromatic nitrogens is 2. The third-order valence-electron chi connectivity index (χ3n) is 2.45. The van der Waals surface area contributed by atoms with Crippen LogP contribution in [-0.2, 0) is 11.3 Å². The minimum Gasteiger partial charge on any atom is -0.481 e. The minimum atomic E-state index is -0.851. The molecule has 0 bridgehead atoms. The Bertz CT molecular complexity index is 536. The number of carboxylic acid groups (broad SMARTS) is 1. The van der Waals surface area contributed by atoms with Gasteiger partial charge in [-0.1, -0.05) is 30.7 Å². The third kappa shape index (κ3) is 1.88. The Morgan fingerprint density at radius 3 is 2.88 bits per heavy atom. The fourth-order valence-electron chi connectivity index (χ4n) is 1.51. The Kier molecular flexibility index (Phi) is 2.83. The summed E-state index contributed by atoms with van der Waals surface area (Å²) >= 11 is 6.11. The van der Waals surface area contributed by atoms with Crippen LogP contribution in [0.5, 0.6) is 0 Å². The maximum absolute atomic E-state index is 10.7. The summed E-state index contributed by atoms with van der Waals surface area (Å²) in [4.78, 5) is 10.7. The molecular formula is C11H11ClN2O2. The summed E-state index contributed by atoms with van der Waals surface area (Å²) < 4.78 is 1.53. The predicted molar refractivity (Wildman–Crippen MR) is 61.5 cm³/mol. The van der Waals surface area contributed by atoms with Crippen LogP contribution < -0.4 is 0 Å². The second-order valence-electron chi connectivity index (χ2n) is 3.73. The summed E-state index contributed by atoms with van der Waals surface area (Å²) in [5, 5.41) is 14.4. The van der Waals surface area contributed by atoms with Crippen molar-refractivity contribution < 1.29 is 9.90 Å². The first-order valence-corrected chi connectivity index (χ1v) is 5.31. The summed E-state index contributed by atoms with van der Waals surface area (Å²) in [5.41, 5.74) is 0.782. The molecule has 2 rings (SSSR count). The molecule has 1 heterocycles. The molecule has 84 valence electrons. The molecule has 0 aliphatic rings. The van der Waals surface area contributed by atoms with Crippen molar-refractivity contribution >= 4 is 28.5 Å². The molecule has 1 unspecified atom stereocenters. The molecule has 1 N–H and O–H groups in total. The van der Waals surface area contributed by atoms with Crippen molar-refractivity contribution in [2.45, 2.75) is 13.5 Å². The summed E-state index contributed by atoms with van der Waals surface area (Å²) in [6.07, 6.45) is 0. The number of nitrogens with zero attached hydrogens (tertiary/aromatic N) is 2. The normalized spacial score (nSPS) is 12.9. The average molecular weight is 239 g/mol. The van der Waals surface area contributed by atoms with Gasteiger partial charge in [-0.25, -0.2) is 0 Å². The van der Waals surface area contributed by atoms with Gasteiger partial charge in [0.25, 0.3) is 0 Å². The third-order valence-corrected chi connectivity index (χ3v) is 2.85. The molecular weight excluding hydrogens is 228 g/mol. The highest BCUT2D eigenvalue weighted by Crippen LogP contribution is 2.23. The number of rotatable bonds is 3. The number of benzene rings is 1. The lowest BCUT2D eigenvalue weighted by atomic mass is 10.2. The quantitative estimate of drug-likeness (QED) is 0.894. The van der Waals surface area contributed by atoms with Crippen LogP contribution in [-0.4, -0.2) is 20.9 Å². The van der Waals surface area contributed by atoms with E-state index in [1.54, 1.807) is 6.92 Å². The second kappa shape index (κ2) is 4.14. The van der Waals surface area contributed by atoms with Crippen molar-refractivity contribution in [3.05, 3.63) is 29.4 Å². The minimum absolute atomic E-state index is 0.281. The smallest absolute Gasteiger partial charge is 0.308 e. The van der Waals surface area contributed by atoms with Crippen molar-refractivity contribution in [2.75, 3.05) is 0 Å². The first-order valence-electron chi connectivity index (χ1n) is 4.93. The van der Waals surface area contributed by atoms with Crippen LogP contribution in [0.4, 0.5) is 0 Å². The number of halogens is 1. The van der Waals surface area contributed by atoms with Crippen molar-refractivity contribution in [3.63, 3.8) is 0 Å². The van der Waals surface area contributed by atoms with Crippen LogP contribution in [0.2, 0.25) is 5.15 Å². The van der Waals surface area contributed by atoms with Gasteiger partial charge in [0.05, 0.1) is 18.0 Å². The Morgan fingerprint density at radius 1 is 1.56 bits per heavy atom. The fourth-order valence-corrected chi connectivity index (χ4v) is 1.77. The maximum atomic E-state index is 10.7. The van der Waals surface area contributed by atoms with Crippen LogP contribution in [0, 0.1) is 5.92 Å². The van der Waals surface area contributed by atoms with Crippen molar-refractivity contribution in [1.29, 1.82) is 0 Å². The number of fused-ring (bicyclic) bond motifs is 1. The average Bonchev–Trinajstić information content (AvgIpc) is 2.56. The summed E-state index contributed by atoms with van der Waals surface area (Å²) in [6.45, 7) is 1.91. The Hall–Kier alpha value is -1.55. The van der Waals surface area contributed by atoms with E-state index >= 15 is 0 Å². The van der Waals surface area contributed by atoms with Gasteiger partial charge in [0.15, 0.2) is 0 Å². The van der Waals surface area contributed by atoms with Crippen LogP contribution in [0.3, 0.4) is 0 Å². The van der Waals surface area contributed by atoms with E-state index in [1.165, 1.54) is 4.68 Å². The van der Waals surface area contributed by atoms with E-state index in [0.29, 0.717) is 5.15 Å². The van der Waals surface area contributed by atoms with E-state index in [1.807, 2.05) is 24.3 Å². The first-order chi connectivity index (χ1) is 7.59. The lowest BCUT2D eigenvalue weighted by Crippen LogP contribution is -2.17. The molecule has 2 aromatic rings. The van der Waals surface area contributed by atoms with Crippen molar-refractivity contribution in [2.24, 2.45) is 5.92 Å². The fraction of sp³-hybridized carbons (Fsp3) is 0.273. The van der Waals surface area contributed by atoms with Gasteiger partial charge >= 0.3 is 5.97 Å². The Morgan fingerprint density at radius 2 is 2.25 bits per heavy atom. The molecule has 4 nitrogen and oxygen atoms in total. The molecule has 1 aromatic heterocycles.